The molecule has 2 amide bonds. The Labute approximate surface area is 139 Å². The zero-order chi connectivity index (χ0) is 17.3. The smallest absolute Gasteiger partial charge is 0.255 e. The monoisotopic (exact) mass is 344 g/mol. The number of carbonyl (C=O) groups excluding carboxylic acids is 2. The number of hydrogen-bond donors (Lipinski definition) is 2. The van der Waals surface area contributed by atoms with Crippen molar-refractivity contribution in [3.05, 3.63) is 53.6 Å². The summed E-state index contributed by atoms with van der Waals surface area (Å²) in [5.74, 6) is -0.333. The molecule has 2 N–H and O–H groups in total. The summed E-state index contributed by atoms with van der Waals surface area (Å²) in [6.07, 6.45) is 2.18. The maximum Gasteiger partial charge on any atom is 0.255 e. The van der Waals surface area contributed by atoms with Crippen LogP contribution in [0.3, 0.4) is 0 Å². The summed E-state index contributed by atoms with van der Waals surface area (Å²) in [6.45, 7) is 0. The summed E-state index contributed by atoms with van der Waals surface area (Å²) in [4.78, 5) is 23.8. The Hall–Kier alpha value is -2.67. The second-order valence-electron chi connectivity index (χ2n) is 5.67. The molecule has 1 aliphatic rings. The van der Waals surface area contributed by atoms with Crippen LogP contribution >= 0.6 is 0 Å². The second-order valence-corrected chi connectivity index (χ2v) is 7.69. The van der Waals surface area contributed by atoms with Crippen LogP contribution in [0.5, 0.6) is 0 Å². The molecule has 2 aromatic carbocycles. The first-order chi connectivity index (χ1) is 11.3. The maximum atomic E-state index is 12.3. The molecule has 3 rings (SSSR count). The number of aryl methyl sites for hydroxylation is 1. The quantitative estimate of drug-likeness (QED) is 0.893. The molecule has 0 spiro atoms. The standard InChI is InChI=1S/C17H16N2O4S/c1-24(22,23)14-6-2-11(3-7-14)17(21)18-13-5-8-15-12(10-13)4-9-16(20)19-15/h2-3,5-8,10H,4,9H2,1H3,(H,18,21)(H,19,20). The molecule has 0 saturated carbocycles. The molecule has 0 radical (unpaired) electrons. The molecule has 2 aromatic rings. The van der Waals surface area contributed by atoms with Gasteiger partial charge in [-0.1, -0.05) is 0 Å². The van der Waals surface area contributed by atoms with Gasteiger partial charge in [0.1, 0.15) is 0 Å². The molecule has 24 heavy (non-hydrogen) atoms. The van der Waals surface area contributed by atoms with Crippen LogP contribution in [0.1, 0.15) is 22.3 Å². The predicted molar refractivity (Wildman–Crippen MR) is 90.9 cm³/mol. The number of sulfone groups is 1. The SMILES string of the molecule is CS(=O)(=O)c1ccc(C(=O)Nc2ccc3c(c2)CCC(=O)N3)cc1. The van der Waals surface area contributed by atoms with Gasteiger partial charge in [-0.3, -0.25) is 9.59 Å². The van der Waals surface area contributed by atoms with E-state index in [-0.39, 0.29) is 16.7 Å². The fourth-order valence-electron chi connectivity index (χ4n) is 2.52. The lowest BCUT2D eigenvalue weighted by molar-refractivity contribution is -0.116. The van der Waals surface area contributed by atoms with Gasteiger partial charge >= 0.3 is 0 Å². The van der Waals surface area contributed by atoms with E-state index >= 15 is 0 Å². The minimum Gasteiger partial charge on any atom is -0.326 e. The third-order valence-electron chi connectivity index (χ3n) is 3.80. The first-order valence-electron chi connectivity index (χ1n) is 7.37. The van der Waals surface area contributed by atoms with Crippen LogP contribution in [-0.2, 0) is 21.1 Å². The van der Waals surface area contributed by atoms with Gasteiger partial charge in [-0.2, -0.15) is 0 Å². The highest BCUT2D eigenvalue weighted by Crippen LogP contribution is 2.26. The average Bonchev–Trinajstić information content (AvgIpc) is 2.54. The van der Waals surface area contributed by atoms with Gasteiger partial charge in [0.05, 0.1) is 4.90 Å². The molecule has 124 valence electrons. The molecule has 0 unspecified atom stereocenters. The van der Waals surface area contributed by atoms with Gasteiger partial charge in [0.15, 0.2) is 9.84 Å². The number of nitrogens with one attached hydrogen (secondary N) is 2. The number of benzene rings is 2. The zero-order valence-corrected chi connectivity index (χ0v) is 13.8. The van der Waals surface area contributed by atoms with Crippen molar-refractivity contribution in [3.8, 4) is 0 Å². The number of carbonyl (C=O) groups is 2. The first-order valence-corrected chi connectivity index (χ1v) is 9.26. The Balaban J connectivity index is 1.76. The predicted octanol–water partition coefficient (Wildman–Crippen LogP) is 2.23. The Morgan fingerprint density at radius 2 is 1.79 bits per heavy atom. The van der Waals surface area contributed by atoms with Crippen LogP contribution < -0.4 is 10.6 Å². The molecule has 1 aliphatic heterocycles. The van der Waals surface area contributed by atoms with Crippen molar-refractivity contribution >= 4 is 33.0 Å². The van der Waals surface area contributed by atoms with E-state index in [0.29, 0.717) is 24.1 Å². The van der Waals surface area contributed by atoms with Crippen molar-refractivity contribution in [2.24, 2.45) is 0 Å². The summed E-state index contributed by atoms with van der Waals surface area (Å²) >= 11 is 0. The summed E-state index contributed by atoms with van der Waals surface area (Å²) in [5, 5.41) is 5.56. The van der Waals surface area contributed by atoms with Crippen molar-refractivity contribution in [2.45, 2.75) is 17.7 Å². The molecule has 0 aliphatic carbocycles. The molecular formula is C17H16N2O4S. The van der Waals surface area contributed by atoms with Crippen LogP contribution in [-0.4, -0.2) is 26.5 Å². The van der Waals surface area contributed by atoms with Gasteiger partial charge in [-0.15, -0.1) is 0 Å². The molecule has 0 atom stereocenters. The van der Waals surface area contributed by atoms with E-state index in [1.807, 2.05) is 6.07 Å². The van der Waals surface area contributed by atoms with E-state index in [0.717, 1.165) is 17.5 Å². The van der Waals surface area contributed by atoms with Gasteiger partial charge in [-0.05, 0) is 54.4 Å². The summed E-state index contributed by atoms with van der Waals surface area (Å²) < 4.78 is 22.9. The number of anilines is 2. The summed E-state index contributed by atoms with van der Waals surface area (Å²) in [7, 11) is -3.29. The van der Waals surface area contributed by atoms with Crippen molar-refractivity contribution in [1.29, 1.82) is 0 Å². The largest absolute Gasteiger partial charge is 0.326 e. The van der Waals surface area contributed by atoms with Crippen LogP contribution in [0, 0.1) is 0 Å². The van der Waals surface area contributed by atoms with Crippen LogP contribution in [0.15, 0.2) is 47.4 Å². The van der Waals surface area contributed by atoms with Crippen LogP contribution in [0.4, 0.5) is 11.4 Å². The Morgan fingerprint density at radius 1 is 1.08 bits per heavy atom. The third-order valence-corrected chi connectivity index (χ3v) is 4.93. The number of fused-ring (bicyclic) bond motifs is 1. The zero-order valence-electron chi connectivity index (χ0n) is 13.0. The van der Waals surface area contributed by atoms with Crippen molar-refractivity contribution in [2.75, 3.05) is 16.9 Å². The Bertz CT molecular complexity index is 918. The molecular weight excluding hydrogens is 328 g/mol. The highest BCUT2D eigenvalue weighted by atomic mass is 32.2. The lowest BCUT2D eigenvalue weighted by atomic mass is 10.0. The molecule has 6 nitrogen and oxygen atoms in total. The molecule has 0 fully saturated rings. The minimum absolute atomic E-state index is 0.00903. The average molecular weight is 344 g/mol. The van der Waals surface area contributed by atoms with Crippen LogP contribution in [0.25, 0.3) is 0 Å². The first kappa shape index (κ1) is 16.2. The Kier molecular flexibility index (Phi) is 4.11. The fourth-order valence-corrected chi connectivity index (χ4v) is 3.15. The number of rotatable bonds is 3. The van der Waals surface area contributed by atoms with Crippen molar-refractivity contribution < 1.29 is 18.0 Å². The van der Waals surface area contributed by atoms with Crippen molar-refractivity contribution in [3.63, 3.8) is 0 Å². The van der Waals surface area contributed by atoms with Crippen LogP contribution in [0.2, 0.25) is 0 Å². The van der Waals surface area contributed by atoms with E-state index in [1.54, 1.807) is 12.1 Å². The van der Waals surface area contributed by atoms with Gasteiger partial charge in [0.2, 0.25) is 5.91 Å². The molecule has 1 heterocycles. The molecule has 0 bridgehead atoms. The number of hydrogen-bond acceptors (Lipinski definition) is 4. The lowest BCUT2D eigenvalue weighted by Crippen LogP contribution is -2.19. The van der Waals surface area contributed by atoms with E-state index in [4.69, 9.17) is 0 Å². The molecule has 7 heteroatoms. The van der Waals surface area contributed by atoms with E-state index < -0.39 is 9.84 Å². The molecule has 0 aromatic heterocycles. The van der Waals surface area contributed by atoms with Crippen molar-refractivity contribution in [1.82, 2.24) is 0 Å². The van der Waals surface area contributed by atoms with E-state index in [9.17, 15) is 18.0 Å². The second kappa shape index (κ2) is 6.09. The van der Waals surface area contributed by atoms with E-state index in [1.165, 1.54) is 24.3 Å². The fraction of sp³-hybridized carbons (Fsp3) is 0.176. The maximum absolute atomic E-state index is 12.3. The topological polar surface area (TPSA) is 92.3 Å². The number of amides is 2. The Morgan fingerprint density at radius 3 is 2.46 bits per heavy atom. The minimum atomic E-state index is -3.29. The lowest BCUT2D eigenvalue weighted by Gasteiger charge is -2.17. The van der Waals surface area contributed by atoms with Gasteiger partial charge in [0.25, 0.3) is 5.91 Å². The van der Waals surface area contributed by atoms with Gasteiger partial charge in [-0.25, -0.2) is 8.42 Å². The van der Waals surface area contributed by atoms with Gasteiger partial charge < -0.3 is 10.6 Å². The van der Waals surface area contributed by atoms with Gasteiger partial charge in [0, 0.05) is 29.6 Å². The van der Waals surface area contributed by atoms with E-state index in [2.05, 4.69) is 10.6 Å². The highest BCUT2D eigenvalue weighted by Gasteiger charge is 2.16. The summed E-state index contributed by atoms with van der Waals surface area (Å²) in [5.41, 5.74) is 2.73. The third kappa shape index (κ3) is 3.46. The molecule has 0 saturated heterocycles. The normalized spacial score (nSPS) is 13.8. The summed E-state index contributed by atoms with van der Waals surface area (Å²) in [6, 6.07) is 11.1. The highest BCUT2D eigenvalue weighted by molar-refractivity contribution is 7.90.